The van der Waals surface area contributed by atoms with E-state index in [0.717, 1.165) is 30.0 Å². The average Bonchev–Trinajstić information content (AvgIpc) is 3.24. The number of hydrogen-bond acceptors (Lipinski definition) is 4. The second-order valence-corrected chi connectivity index (χ2v) is 6.73. The molecule has 1 aromatic heterocycles. The summed E-state index contributed by atoms with van der Waals surface area (Å²) in [7, 11) is 2.00. The third kappa shape index (κ3) is 2.87. The van der Waals surface area contributed by atoms with Crippen LogP contribution in [-0.2, 0) is 4.79 Å². The van der Waals surface area contributed by atoms with Gasteiger partial charge in [-0.05, 0) is 32.6 Å². The third-order valence-corrected chi connectivity index (χ3v) is 5.15. The number of aliphatic carboxylic acids is 1. The Hall–Kier alpha value is -2.17. The van der Waals surface area contributed by atoms with Gasteiger partial charge in [0.2, 0.25) is 0 Å². The standard InChI is InChI=1S/C18H23N3O2/c1-12-16(10-19-13(2)20-12)21(3)11-18(9-15(18)17(22)23)14-7-5-4-6-8-14/h4-7,10,14-15H,8-9,11H2,1-3H3,(H,22,23)/t14?,15-,18+/m0/s1. The van der Waals surface area contributed by atoms with E-state index in [9.17, 15) is 9.90 Å². The van der Waals surface area contributed by atoms with Gasteiger partial charge in [0.1, 0.15) is 5.82 Å². The van der Waals surface area contributed by atoms with Crippen LogP contribution in [-0.4, -0.2) is 34.6 Å². The highest BCUT2D eigenvalue weighted by molar-refractivity contribution is 5.75. The van der Waals surface area contributed by atoms with Crippen LogP contribution in [0.3, 0.4) is 0 Å². The van der Waals surface area contributed by atoms with Crippen molar-refractivity contribution in [2.75, 3.05) is 18.5 Å². The Morgan fingerprint density at radius 3 is 2.78 bits per heavy atom. The van der Waals surface area contributed by atoms with E-state index in [1.165, 1.54) is 0 Å². The van der Waals surface area contributed by atoms with Crippen LogP contribution in [0.4, 0.5) is 5.69 Å². The molecule has 1 aromatic rings. The number of rotatable bonds is 5. The largest absolute Gasteiger partial charge is 0.481 e. The second kappa shape index (κ2) is 5.80. The maximum absolute atomic E-state index is 11.6. The van der Waals surface area contributed by atoms with Crippen molar-refractivity contribution in [2.45, 2.75) is 26.7 Å². The van der Waals surface area contributed by atoms with Crippen molar-refractivity contribution in [3.63, 3.8) is 0 Å². The Kier molecular flexibility index (Phi) is 3.96. The van der Waals surface area contributed by atoms with Gasteiger partial charge in [-0.15, -0.1) is 0 Å². The molecule has 3 rings (SSSR count). The Labute approximate surface area is 136 Å². The third-order valence-electron chi connectivity index (χ3n) is 5.15. The Morgan fingerprint density at radius 2 is 2.22 bits per heavy atom. The molecular formula is C18H23N3O2. The zero-order valence-electron chi connectivity index (χ0n) is 13.9. The van der Waals surface area contributed by atoms with Gasteiger partial charge in [0, 0.05) is 19.0 Å². The van der Waals surface area contributed by atoms with Crippen molar-refractivity contribution in [2.24, 2.45) is 17.3 Å². The Balaban J connectivity index is 1.83. The number of nitrogens with zero attached hydrogens (tertiary/aromatic N) is 3. The quantitative estimate of drug-likeness (QED) is 0.905. The van der Waals surface area contributed by atoms with Crippen molar-refractivity contribution >= 4 is 11.7 Å². The molecule has 1 unspecified atom stereocenters. The molecule has 0 radical (unpaired) electrons. The maximum Gasteiger partial charge on any atom is 0.307 e. The lowest BCUT2D eigenvalue weighted by atomic mass is 9.81. The zero-order valence-corrected chi connectivity index (χ0v) is 13.9. The molecule has 3 atom stereocenters. The van der Waals surface area contributed by atoms with Crippen LogP contribution in [0, 0.1) is 31.1 Å². The lowest BCUT2D eigenvalue weighted by molar-refractivity contribution is -0.139. The highest BCUT2D eigenvalue weighted by Gasteiger charge is 2.62. The van der Waals surface area contributed by atoms with E-state index >= 15 is 0 Å². The van der Waals surface area contributed by atoms with Crippen LogP contribution in [0.25, 0.3) is 0 Å². The highest BCUT2D eigenvalue weighted by Crippen LogP contribution is 2.60. The number of carboxylic acids is 1. The summed E-state index contributed by atoms with van der Waals surface area (Å²) in [5, 5.41) is 9.51. The van der Waals surface area contributed by atoms with E-state index in [1.807, 2.05) is 39.2 Å². The summed E-state index contributed by atoms with van der Waals surface area (Å²) in [6, 6.07) is 0. The number of allylic oxidation sites excluding steroid dienone is 4. The van der Waals surface area contributed by atoms with Crippen LogP contribution >= 0.6 is 0 Å². The fourth-order valence-electron chi connectivity index (χ4n) is 3.84. The normalized spacial score (nSPS) is 28.7. The van der Waals surface area contributed by atoms with Gasteiger partial charge < -0.3 is 10.0 Å². The van der Waals surface area contributed by atoms with Gasteiger partial charge in [0.25, 0.3) is 0 Å². The van der Waals surface area contributed by atoms with Gasteiger partial charge in [0.15, 0.2) is 0 Å². The van der Waals surface area contributed by atoms with Gasteiger partial charge in [0.05, 0.1) is 23.5 Å². The van der Waals surface area contributed by atoms with E-state index in [2.05, 4.69) is 27.0 Å². The zero-order chi connectivity index (χ0) is 16.6. The molecule has 0 amide bonds. The summed E-state index contributed by atoms with van der Waals surface area (Å²) in [5.41, 5.74) is 1.71. The molecule has 1 fully saturated rings. The molecule has 5 heteroatoms. The minimum absolute atomic E-state index is 0.195. The molecule has 0 bridgehead atoms. The predicted molar refractivity (Wildman–Crippen MR) is 89.3 cm³/mol. The van der Waals surface area contributed by atoms with Crippen LogP contribution in [0.2, 0.25) is 0 Å². The molecule has 23 heavy (non-hydrogen) atoms. The predicted octanol–water partition coefficient (Wildman–Crippen LogP) is 2.75. The minimum atomic E-state index is -0.682. The molecular weight excluding hydrogens is 290 g/mol. The first-order valence-corrected chi connectivity index (χ1v) is 8.01. The van der Waals surface area contributed by atoms with Crippen molar-refractivity contribution < 1.29 is 9.90 Å². The smallest absolute Gasteiger partial charge is 0.307 e. The molecule has 1 saturated carbocycles. The van der Waals surface area contributed by atoms with Crippen molar-refractivity contribution in [1.29, 1.82) is 0 Å². The number of aryl methyl sites for hydroxylation is 2. The molecule has 1 N–H and O–H groups in total. The summed E-state index contributed by atoms with van der Waals surface area (Å²) in [5.74, 6) is 0.0864. The molecule has 5 nitrogen and oxygen atoms in total. The molecule has 2 aliphatic carbocycles. The summed E-state index contributed by atoms with van der Waals surface area (Å²) in [4.78, 5) is 22.4. The van der Waals surface area contributed by atoms with E-state index in [4.69, 9.17) is 0 Å². The molecule has 0 spiro atoms. The first kappa shape index (κ1) is 15.7. The SMILES string of the molecule is Cc1ncc(N(C)C[C@@]2(C3C=CC=CC3)C[C@H]2C(=O)O)c(C)n1. The highest BCUT2D eigenvalue weighted by atomic mass is 16.4. The fourth-order valence-corrected chi connectivity index (χ4v) is 3.84. The number of anilines is 1. The van der Waals surface area contributed by atoms with E-state index in [1.54, 1.807) is 0 Å². The van der Waals surface area contributed by atoms with Gasteiger partial charge >= 0.3 is 5.97 Å². The van der Waals surface area contributed by atoms with Gasteiger partial charge in [-0.3, -0.25) is 4.79 Å². The second-order valence-electron chi connectivity index (χ2n) is 6.73. The number of carbonyl (C=O) groups is 1. The first-order valence-electron chi connectivity index (χ1n) is 8.01. The minimum Gasteiger partial charge on any atom is -0.481 e. The summed E-state index contributed by atoms with van der Waals surface area (Å²) >= 11 is 0. The lowest BCUT2D eigenvalue weighted by Gasteiger charge is -2.32. The topological polar surface area (TPSA) is 66.3 Å². The molecule has 122 valence electrons. The molecule has 2 aliphatic rings. The van der Waals surface area contributed by atoms with Gasteiger partial charge in [-0.25, -0.2) is 9.97 Å². The maximum atomic E-state index is 11.6. The van der Waals surface area contributed by atoms with Crippen molar-refractivity contribution in [1.82, 2.24) is 9.97 Å². The molecule has 0 saturated heterocycles. The molecule has 0 aromatic carbocycles. The monoisotopic (exact) mass is 313 g/mol. The van der Waals surface area contributed by atoms with E-state index in [0.29, 0.717) is 6.54 Å². The van der Waals surface area contributed by atoms with Crippen LogP contribution in [0.5, 0.6) is 0 Å². The van der Waals surface area contributed by atoms with Gasteiger partial charge in [-0.2, -0.15) is 0 Å². The first-order chi connectivity index (χ1) is 10.9. The van der Waals surface area contributed by atoms with E-state index < -0.39 is 5.97 Å². The fraction of sp³-hybridized carbons (Fsp3) is 0.500. The Morgan fingerprint density at radius 1 is 1.43 bits per heavy atom. The number of carboxylic acid groups (broad SMARTS) is 1. The van der Waals surface area contributed by atoms with Gasteiger partial charge in [-0.1, -0.05) is 24.3 Å². The van der Waals surface area contributed by atoms with Crippen LogP contribution < -0.4 is 4.90 Å². The summed E-state index contributed by atoms with van der Waals surface area (Å²) in [6.45, 7) is 4.55. The summed E-state index contributed by atoms with van der Waals surface area (Å²) < 4.78 is 0. The van der Waals surface area contributed by atoms with Crippen LogP contribution in [0.15, 0.2) is 30.5 Å². The van der Waals surface area contributed by atoms with E-state index in [-0.39, 0.29) is 17.3 Å². The summed E-state index contributed by atoms with van der Waals surface area (Å²) in [6.07, 6.45) is 11.8. The Bertz CT molecular complexity index is 683. The molecule has 1 heterocycles. The lowest BCUT2D eigenvalue weighted by Crippen LogP contribution is -2.34. The number of aromatic nitrogens is 2. The number of hydrogen-bond donors (Lipinski definition) is 1. The van der Waals surface area contributed by atoms with Crippen molar-refractivity contribution in [3.8, 4) is 0 Å². The average molecular weight is 313 g/mol. The van der Waals surface area contributed by atoms with Crippen molar-refractivity contribution in [3.05, 3.63) is 42.0 Å². The van der Waals surface area contributed by atoms with Crippen LogP contribution in [0.1, 0.15) is 24.4 Å². The molecule has 0 aliphatic heterocycles.